The van der Waals surface area contributed by atoms with E-state index in [4.69, 9.17) is 4.42 Å². The number of para-hydroxylation sites is 1. The van der Waals surface area contributed by atoms with Crippen LogP contribution < -0.4 is 16.9 Å². The monoisotopic (exact) mass is 386 g/mol. The van der Waals surface area contributed by atoms with E-state index in [1.54, 1.807) is 49.8 Å². The minimum Gasteiger partial charge on any atom is -0.422 e. The summed E-state index contributed by atoms with van der Waals surface area (Å²) in [6.07, 6.45) is 3.14. The lowest BCUT2D eigenvalue weighted by Gasteiger charge is -2.14. The molecule has 0 bridgehead atoms. The van der Waals surface area contributed by atoms with Gasteiger partial charge in [-0.15, -0.1) is 0 Å². The molecule has 0 fully saturated rings. The zero-order chi connectivity index (χ0) is 20.3. The summed E-state index contributed by atoms with van der Waals surface area (Å²) in [5.74, 6) is 0. The van der Waals surface area contributed by atoms with E-state index in [-0.39, 0.29) is 16.4 Å². The van der Waals surface area contributed by atoms with Crippen LogP contribution in [0.15, 0.2) is 67.6 Å². The van der Waals surface area contributed by atoms with Gasteiger partial charge in [0.05, 0.1) is 16.3 Å². The lowest BCUT2D eigenvalue weighted by molar-refractivity contribution is 0.569. The van der Waals surface area contributed by atoms with Crippen LogP contribution in [0.2, 0.25) is 0 Å². The average molecular weight is 386 g/mol. The van der Waals surface area contributed by atoms with Gasteiger partial charge in [-0.1, -0.05) is 12.1 Å². The van der Waals surface area contributed by atoms with Gasteiger partial charge in [-0.3, -0.25) is 18.9 Å². The minimum absolute atomic E-state index is 0.177. The van der Waals surface area contributed by atoms with Crippen molar-refractivity contribution in [1.29, 1.82) is 0 Å². The van der Waals surface area contributed by atoms with Crippen molar-refractivity contribution in [3.05, 3.63) is 80.1 Å². The van der Waals surface area contributed by atoms with E-state index in [1.165, 1.54) is 11.6 Å². The van der Waals surface area contributed by atoms with Crippen LogP contribution in [-0.4, -0.2) is 19.1 Å². The Morgan fingerprint density at radius 3 is 2.38 bits per heavy atom. The van der Waals surface area contributed by atoms with Gasteiger partial charge < -0.3 is 4.42 Å². The van der Waals surface area contributed by atoms with E-state index >= 15 is 0 Å². The number of nitrogens with zero attached hydrogens (tertiary/aromatic N) is 4. The SMILES string of the molecule is Cn1c(=O)c2c(-c3ccncc3)c3c(=O)oc4ccccc4c3nc2n(C)c1=O. The summed E-state index contributed by atoms with van der Waals surface area (Å²) in [4.78, 5) is 47.2. The van der Waals surface area contributed by atoms with Crippen LogP contribution in [0, 0.1) is 0 Å². The van der Waals surface area contributed by atoms with Crippen molar-refractivity contribution in [2.45, 2.75) is 0 Å². The highest BCUT2D eigenvalue weighted by Crippen LogP contribution is 2.33. The van der Waals surface area contributed by atoms with Gasteiger partial charge in [-0.25, -0.2) is 14.6 Å². The van der Waals surface area contributed by atoms with Crippen molar-refractivity contribution in [2.75, 3.05) is 0 Å². The zero-order valence-corrected chi connectivity index (χ0v) is 15.5. The van der Waals surface area contributed by atoms with E-state index in [9.17, 15) is 14.4 Å². The quantitative estimate of drug-likeness (QED) is 0.248. The molecule has 0 aliphatic rings. The van der Waals surface area contributed by atoms with Crippen molar-refractivity contribution < 1.29 is 4.42 Å². The molecule has 5 aromatic rings. The summed E-state index contributed by atoms with van der Waals surface area (Å²) >= 11 is 0. The molecule has 0 amide bonds. The Hall–Kier alpha value is -4.07. The highest BCUT2D eigenvalue weighted by molar-refractivity contribution is 6.14. The summed E-state index contributed by atoms with van der Waals surface area (Å²) in [6, 6.07) is 10.4. The van der Waals surface area contributed by atoms with Crippen molar-refractivity contribution in [2.24, 2.45) is 14.1 Å². The number of aromatic nitrogens is 4. The van der Waals surface area contributed by atoms with Gasteiger partial charge >= 0.3 is 11.3 Å². The van der Waals surface area contributed by atoms with Crippen LogP contribution in [0.1, 0.15) is 0 Å². The molecule has 0 saturated heterocycles. The number of fused-ring (bicyclic) bond motifs is 4. The van der Waals surface area contributed by atoms with Gasteiger partial charge in [0.2, 0.25) is 0 Å². The normalized spacial score (nSPS) is 11.5. The molecule has 4 heterocycles. The van der Waals surface area contributed by atoms with Crippen molar-refractivity contribution in [3.8, 4) is 11.1 Å². The van der Waals surface area contributed by atoms with Gasteiger partial charge in [0.25, 0.3) is 5.56 Å². The molecular formula is C21H14N4O4. The predicted octanol–water partition coefficient (Wildman–Crippen LogP) is 1.95. The highest BCUT2D eigenvalue weighted by Gasteiger charge is 2.22. The fourth-order valence-corrected chi connectivity index (χ4v) is 3.69. The summed E-state index contributed by atoms with van der Waals surface area (Å²) in [6.45, 7) is 0. The smallest absolute Gasteiger partial charge is 0.346 e. The summed E-state index contributed by atoms with van der Waals surface area (Å²) in [7, 11) is 2.94. The lowest BCUT2D eigenvalue weighted by atomic mass is 9.98. The lowest BCUT2D eigenvalue weighted by Crippen LogP contribution is -2.37. The molecule has 1 aromatic carbocycles. The third-order valence-electron chi connectivity index (χ3n) is 5.11. The molecule has 5 rings (SSSR count). The molecule has 0 unspecified atom stereocenters. The summed E-state index contributed by atoms with van der Waals surface area (Å²) < 4.78 is 7.83. The Labute approximate surface area is 162 Å². The zero-order valence-electron chi connectivity index (χ0n) is 15.5. The van der Waals surface area contributed by atoms with Gasteiger partial charge in [0, 0.05) is 37.4 Å². The fourth-order valence-electron chi connectivity index (χ4n) is 3.69. The third-order valence-corrected chi connectivity index (χ3v) is 5.11. The maximum absolute atomic E-state index is 13.1. The first-order valence-corrected chi connectivity index (χ1v) is 8.84. The second kappa shape index (κ2) is 5.96. The van der Waals surface area contributed by atoms with Gasteiger partial charge in [0.15, 0.2) is 5.65 Å². The number of hydrogen-bond acceptors (Lipinski definition) is 6. The molecule has 29 heavy (non-hydrogen) atoms. The highest BCUT2D eigenvalue weighted by atomic mass is 16.4. The first kappa shape index (κ1) is 17.1. The van der Waals surface area contributed by atoms with E-state index < -0.39 is 16.9 Å². The number of rotatable bonds is 1. The Kier molecular flexibility index (Phi) is 3.51. The van der Waals surface area contributed by atoms with Crippen LogP contribution >= 0.6 is 0 Å². The second-order valence-electron chi connectivity index (χ2n) is 6.74. The maximum atomic E-state index is 13.1. The van der Waals surface area contributed by atoms with Gasteiger partial charge in [-0.2, -0.15) is 0 Å². The number of hydrogen-bond donors (Lipinski definition) is 0. The largest absolute Gasteiger partial charge is 0.422 e. The first-order chi connectivity index (χ1) is 14.0. The summed E-state index contributed by atoms with van der Waals surface area (Å²) in [5, 5.41) is 0.987. The molecule has 4 aromatic heterocycles. The average Bonchev–Trinajstić information content (AvgIpc) is 2.75. The Morgan fingerprint density at radius 2 is 1.62 bits per heavy atom. The number of pyridine rings is 2. The number of benzene rings is 1. The molecule has 0 spiro atoms. The van der Waals surface area contributed by atoms with Crippen LogP contribution in [0.3, 0.4) is 0 Å². The Balaban J connectivity index is 2.22. The van der Waals surface area contributed by atoms with Crippen molar-refractivity contribution in [3.63, 3.8) is 0 Å². The van der Waals surface area contributed by atoms with Crippen molar-refractivity contribution in [1.82, 2.24) is 19.1 Å². The van der Waals surface area contributed by atoms with E-state index in [1.807, 2.05) is 6.07 Å². The minimum atomic E-state index is -0.601. The van der Waals surface area contributed by atoms with Crippen molar-refractivity contribution >= 4 is 32.9 Å². The molecule has 0 aliphatic carbocycles. The fraction of sp³-hybridized carbons (Fsp3) is 0.0952. The van der Waals surface area contributed by atoms with E-state index in [0.717, 1.165) is 4.57 Å². The molecule has 8 heteroatoms. The van der Waals surface area contributed by atoms with Crippen LogP contribution in [0.5, 0.6) is 0 Å². The molecule has 0 saturated carbocycles. The molecule has 0 radical (unpaired) electrons. The predicted molar refractivity (Wildman–Crippen MR) is 109 cm³/mol. The molecule has 0 atom stereocenters. The second-order valence-corrected chi connectivity index (χ2v) is 6.74. The van der Waals surface area contributed by atoms with Crippen LogP contribution in [-0.2, 0) is 14.1 Å². The van der Waals surface area contributed by atoms with Gasteiger partial charge in [-0.05, 0) is 29.8 Å². The summed E-state index contributed by atoms with van der Waals surface area (Å²) in [5.41, 5.74) is 0.313. The van der Waals surface area contributed by atoms with E-state index in [0.29, 0.717) is 27.6 Å². The number of aryl methyl sites for hydroxylation is 1. The Bertz CT molecular complexity index is 1630. The molecule has 0 N–H and O–H groups in total. The third kappa shape index (κ3) is 2.29. The van der Waals surface area contributed by atoms with E-state index in [2.05, 4.69) is 9.97 Å². The first-order valence-electron chi connectivity index (χ1n) is 8.84. The van der Waals surface area contributed by atoms with Crippen LogP contribution in [0.25, 0.3) is 44.0 Å². The Morgan fingerprint density at radius 1 is 0.897 bits per heavy atom. The molecule has 8 nitrogen and oxygen atoms in total. The maximum Gasteiger partial charge on any atom is 0.346 e. The van der Waals surface area contributed by atoms with Crippen LogP contribution in [0.4, 0.5) is 0 Å². The molecule has 0 aliphatic heterocycles. The molecule has 142 valence electrons. The standard InChI is InChI=1S/C21H14N4O4/c1-24-18-16(19(26)25(2)21(24)28)14(11-7-9-22-10-8-11)15-17(23-18)12-5-3-4-6-13(12)29-20(15)27/h3-10H,1-2H3. The van der Waals surface area contributed by atoms with Gasteiger partial charge in [0.1, 0.15) is 5.58 Å². The molecular weight excluding hydrogens is 372 g/mol. The topological polar surface area (TPSA) is 100.0 Å².